The molecule has 1 aliphatic rings. The third kappa shape index (κ3) is 2.53. The van der Waals surface area contributed by atoms with Crippen molar-refractivity contribution in [3.05, 3.63) is 24.0 Å². The van der Waals surface area contributed by atoms with Crippen molar-refractivity contribution in [1.82, 2.24) is 4.57 Å². The Morgan fingerprint density at radius 3 is 3.00 bits per heavy atom. The monoisotopic (exact) mass is 221 g/mol. The van der Waals surface area contributed by atoms with Crippen LogP contribution in [0.5, 0.6) is 0 Å². The lowest BCUT2D eigenvalue weighted by molar-refractivity contribution is 0.0458. The lowest BCUT2D eigenvalue weighted by Crippen LogP contribution is -2.15. The second-order valence-corrected chi connectivity index (χ2v) is 4.52. The van der Waals surface area contributed by atoms with Crippen LogP contribution in [0.1, 0.15) is 43.5 Å². The van der Waals surface area contributed by atoms with Gasteiger partial charge in [-0.3, -0.25) is 4.79 Å². The molecule has 0 saturated carbocycles. The summed E-state index contributed by atoms with van der Waals surface area (Å²) in [5.74, 6) is 0.208. The summed E-state index contributed by atoms with van der Waals surface area (Å²) in [4.78, 5) is 11.5. The summed E-state index contributed by atoms with van der Waals surface area (Å²) in [6.07, 6.45) is 7.43. The molecule has 2 rings (SSSR count). The number of ether oxygens (including phenoxy) is 1. The van der Waals surface area contributed by atoms with Crippen LogP contribution in [-0.4, -0.2) is 22.6 Å². The highest BCUT2D eigenvalue weighted by molar-refractivity contribution is 5.95. The van der Waals surface area contributed by atoms with Crippen LogP contribution in [-0.2, 0) is 11.3 Å². The molecule has 3 heteroatoms. The summed E-state index contributed by atoms with van der Waals surface area (Å²) in [6, 6.07) is 1.89. The normalized spacial score (nSPS) is 24.9. The number of nitrogens with zero attached hydrogens (tertiary/aromatic N) is 1. The maximum atomic E-state index is 11.5. The van der Waals surface area contributed by atoms with Crippen LogP contribution in [0.3, 0.4) is 0 Å². The van der Waals surface area contributed by atoms with E-state index in [0.717, 1.165) is 24.9 Å². The zero-order chi connectivity index (χ0) is 11.5. The third-order valence-corrected chi connectivity index (χ3v) is 3.13. The highest BCUT2D eigenvalue weighted by Gasteiger charge is 2.21. The molecule has 0 amide bonds. The van der Waals surface area contributed by atoms with Crippen LogP contribution in [0.2, 0.25) is 0 Å². The Morgan fingerprint density at radius 2 is 2.38 bits per heavy atom. The summed E-state index contributed by atoms with van der Waals surface area (Å²) in [7, 11) is 0. The molecule has 0 spiro atoms. The number of carbonyl (C=O) groups is 1. The van der Waals surface area contributed by atoms with Gasteiger partial charge in [0.1, 0.15) is 0 Å². The van der Waals surface area contributed by atoms with Crippen molar-refractivity contribution < 1.29 is 9.53 Å². The fraction of sp³-hybridized carbons (Fsp3) is 0.615. The van der Waals surface area contributed by atoms with Gasteiger partial charge in [0.2, 0.25) is 0 Å². The molecule has 1 aromatic heterocycles. The van der Waals surface area contributed by atoms with Crippen LogP contribution >= 0.6 is 0 Å². The number of Topliss-reactive ketones (excluding diaryl/α,β-unsaturated/α-hetero) is 1. The maximum absolute atomic E-state index is 11.5. The average Bonchev–Trinajstić information content (AvgIpc) is 2.87. The van der Waals surface area contributed by atoms with Crippen LogP contribution in [0.15, 0.2) is 18.5 Å². The molecule has 0 radical (unpaired) electrons. The molecule has 1 fully saturated rings. The van der Waals surface area contributed by atoms with Gasteiger partial charge < -0.3 is 9.30 Å². The Balaban J connectivity index is 1.95. The van der Waals surface area contributed by atoms with E-state index in [-0.39, 0.29) is 5.78 Å². The van der Waals surface area contributed by atoms with Gasteiger partial charge >= 0.3 is 0 Å². The van der Waals surface area contributed by atoms with Crippen molar-refractivity contribution in [2.45, 2.75) is 51.9 Å². The Morgan fingerprint density at radius 1 is 1.56 bits per heavy atom. The molecule has 1 saturated heterocycles. The Kier molecular flexibility index (Phi) is 3.44. The molecule has 1 aliphatic heterocycles. The van der Waals surface area contributed by atoms with Gasteiger partial charge in [-0.15, -0.1) is 0 Å². The Hall–Kier alpha value is -1.09. The molecular weight excluding hydrogens is 202 g/mol. The molecular formula is C13H19NO2. The van der Waals surface area contributed by atoms with Gasteiger partial charge in [0.25, 0.3) is 0 Å². The first kappa shape index (κ1) is 11.4. The molecule has 0 N–H and O–H groups in total. The van der Waals surface area contributed by atoms with Gasteiger partial charge in [0.15, 0.2) is 5.78 Å². The minimum Gasteiger partial charge on any atom is -0.373 e. The fourth-order valence-electron chi connectivity index (χ4n) is 2.18. The standard InChI is InChI=1S/C13H19NO2/c1-3-13(15)11-6-7-14(8-11)9-12-5-4-10(2)16-12/h6-8,10,12H,3-5,9H2,1-2H3. The maximum Gasteiger partial charge on any atom is 0.164 e. The summed E-state index contributed by atoms with van der Waals surface area (Å²) in [5.41, 5.74) is 0.813. The van der Waals surface area contributed by atoms with Crippen LogP contribution in [0, 0.1) is 0 Å². The highest BCUT2D eigenvalue weighted by atomic mass is 16.5. The molecule has 88 valence electrons. The zero-order valence-corrected chi connectivity index (χ0v) is 9.98. The topological polar surface area (TPSA) is 31.2 Å². The molecule has 2 heterocycles. The van der Waals surface area contributed by atoms with E-state index in [1.807, 2.05) is 25.4 Å². The van der Waals surface area contributed by atoms with Gasteiger partial charge in [0, 0.05) is 30.9 Å². The van der Waals surface area contributed by atoms with Crippen molar-refractivity contribution in [1.29, 1.82) is 0 Å². The van der Waals surface area contributed by atoms with Crippen molar-refractivity contribution in [3.63, 3.8) is 0 Å². The Labute approximate surface area is 96.4 Å². The average molecular weight is 221 g/mol. The van der Waals surface area contributed by atoms with E-state index in [4.69, 9.17) is 4.74 Å². The summed E-state index contributed by atoms with van der Waals surface area (Å²) in [5, 5.41) is 0. The van der Waals surface area contributed by atoms with Gasteiger partial charge in [-0.05, 0) is 25.8 Å². The minimum atomic E-state index is 0.208. The number of carbonyl (C=O) groups excluding carboxylic acids is 1. The van der Waals surface area contributed by atoms with Gasteiger partial charge in [-0.2, -0.15) is 0 Å². The first-order valence-corrected chi connectivity index (χ1v) is 6.03. The quantitative estimate of drug-likeness (QED) is 0.732. The zero-order valence-electron chi connectivity index (χ0n) is 9.98. The highest BCUT2D eigenvalue weighted by Crippen LogP contribution is 2.20. The summed E-state index contributed by atoms with van der Waals surface area (Å²) >= 11 is 0. The van der Waals surface area contributed by atoms with E-state index in [1.165, 1.54) is 0 Å². The molecule has 0 bridgehead atoms. The second kappa shape index (κ2) is 4.83. The van der Waals surface area contributed by atoms with E-state index < -0.39 is 0 Å². The minimum absolute atomic E-state index is 0.208. The van der Waals surface area contributed by atoms with E-state index >= 15 is 0 Å². The lowest BCUT2D eigenvalue weighted by Gasteiger charge is -2.11. The largest absolute Gasteiger partial charge is 0.373 e. The smallest absolute Gasteiger partial charge is 0.164 e. The molecule has 3 nitrogen and oxygen atoms in total. The van der Waals surface area contributed by atoms with E-state index in [2.05, 4.69) is 11.5 Å². The second-order valence-electron chi connectivity index (χ2n) is 4.52. The van der Waals surface area contributed by atoms with Crippen molar-refractivity contribution >= 4 is 5.78 Å². The number of aromatic nitrogens is 1. The van der Waals surface area contributed by atoms with Crippen molar-refractivity contribution in [2.24, 2.45) is 0 Å². The Bertz CT molecular complexity index is 370. The lowest BCUT2D eigenvalue weighted by atomic mass is 10.2. The summed E-state index contributed by atoms with van der Waals surface area (Å²) < 4.78 is 7.82. The van der Waals surface area contributed by atoms with Crippen molar-refractivity contribution in [3.8, 4) is 0 Å². The van der Waals surface area contributed by atoms with E-state index in [1.54, 1.807) is 0 Å². The molecule has 0 aromatic carbocycles. The predicted octanol–water partition coefficient (Wildman–Crippen LogP) is 2.65. The third-order valence-electron chi connectivity index (χ3n) is 3.13. The number of rotatable bonds is 4. The number of hydrogen-bond acceptors (Lipinski definition) is 2. The van der Waals surface area contributed by atoms with Crippen LogP contribution in [0.4, 0.5) is 0 Å². The molecule has 1 aromatic rings. The number of ketones is 1. The van der Waals surface area contributed by atoms with Crippen molar-refractivity contribution in [2.75, 3.05) is 0 Å². The van der Waals surface area contributed by atoms with E-state index in [9.17, 15) is 4.79 Å². The van der Waals surface area contributed by atoms with Gasteiger partial charge in [-0.1, -0.05) is 6.92 Å². The molecule has 0 aliphatic carbocycles. The first-order valence-electron chi connectivity index (χ1n) is 6.03. The SMILES string of the molecule is CCC(=O)c1ccn(CC2CCC(C)O2)c1. The fourth-order valence-corrected chi connectivity index (χ4v) is 2.18. The molecule has 2 unspecified atom stereocenters. The van der Waals surface area contributed by atoms with Gasteiger partial charge in [-0.25, -0.2) is 0 Å². The van der Waals surface area contributed by atoms with E-state index in [0.29, 0.717) is 18.6 Å². The molecule has 2 atom stereocenters. The molecule has 16 heavy (non-hydrogen) atoms. The first-order chi connectivity index (χ1) is 7.69. The predicted molar refractivity (Wildman–Crippen MR) is 62.6 cm³/mol. The number of hydrogen-bond donors (Lipinski definition) is 0. The summed E-state index contributed by atoms with van der Waals surface area (Å²) in [6.45, 7) is 4.87. The van der Waals surface area contributed by atoms with Gasteiger partial charge in [0.05, 0.1) is 12.2 Å². The van der Waals surface area contributed by atoms with Crippen LogP contribution in [0.25, 0.3) is 0 Å². The van der Waals surface area contributed by atoms with Crippen LogP contribution < -0.4 is 0 Å².